The number of hydrogen-bond donors (Lipinski definition) is 1. The van der Waals surface area contributed by atoms with Crippen LogP contribution in [0.2, 0.25) is 0 Å². The van der Waals surface area contributed by atoms with Crippen molar-refractivity contribution in [3.8, 4) is 11.4 Å². The average Bonchev–Trinajstić information content (AvgIpc) is 3.34. The Kier molecular flexibility index (Phi) is 6.14. The molecule has 0 spiro atoms. The summed E-state index contributed by atoms with van der Waals surface area (Å²) in [6.07, 6.45) is 0. The Morgan fingerprint density at radius 3 is 2.53 bits per heavy atom. The zero-order valence-electron chi connectivity index (χ0n) is 20.7. The van der Waals surface area contributed by atoms with E-state index in [0.717, 1.165) is 27.8 Å². The van der Waals surface area contributed by atoms with Crippen LogP contribution in [0.25, 0.3) is 17.0 Å². The lowest BCUT2D eigenvalue weighted by Crippen LogP contribution is -2.45. The fourth-order valence-electron chi connectivity index (χ4n) is 4.47. The predicted molar refractivity (Wildman–Crippen MR) is 136 cm³/mol. The topological polar surface area (TPSA) is 71.3 Å². The van der Waals surface area contributed by atoms with E-state index in [2.05, 4.69) is 16.5 Å². The molecule has 4 aromatic rings. The highest BCUT2D eigenvalue weighted by molar-refractivity contribution is 5.87. The van der Waals surface area contributed by atoms with Crippen molar-refractivity contribution in [1.29, 1.82) is 0 Å². The minimum Gasteiger partial charge on any atom is -0.334 e. The van der Waals surface area contributed by atoms with Crippen molar-refractivity contribution < 1.29 is 13.7 Å². The third kappa shape index (κ3) is 4.40. The number of benzene rings is 3. The van der Waals surface area contributed by atoms with Gasteiger partial charge in [-0.05, 0) is 56.5 Å². The number of hydrogen-bond acceptors (Lipinski definition) is 4. The molecule has 1 atom stereocenters. The van der Waals surface area contributed by atoms with Crippen LogP contribution in [0.5, 0.6) is 0 Å². The molecule has 1 aliphatic rings. The van der Waals surface area contributed by atoms with Crippen LogP contribution in [0.3, 0.4) is 0 Å². The largest absolute Gasteiger partial charge is 0.334 e. The summed E-state index contributed by atoms with van der Waals surface area (Å²) < 4.78 is 20.2. The summed E-state index contributed by atoms with van der Waals surface area (Å²) >= 11 is 0. The maximum Gasteiger partial charge on any atom is 0.322 e. The number of nitrogens with zero attached hydrogens (tertiary/aromatic N) is 3. The third-order valence-corrected chi connectivity index (χ3v) is 6.68. The number of nitrogens with one attached hydrogen (secondary N) is 1. The first-order chi connectivity index (χ1) is 17.3. The molecule has 0 bridgehead atoms. The van der Waals surface area contributed by atoms with Gasteiger partial charge in [0.1, 0.15) is 5.82 Å². The normalized spacial score (nSPS) is 15.9. The van der Waals surface area contributed by atoms with Gasteiger partial charge in [-0.2, -0.15) is 4.98 Å². The van der Waals surface area contributed by atoms with Gasteiger partial charge in [-0.3, -0.25) is 4.90 Å². The van der Waals surface area contributed by atoms with Crippen LogP contribution in [-0.4, -0.2) is 21.1 Å². The molecular weight excluding hydrogens is 455 g/mol. The Balaban J connectivity index is 1.62. The summed E-state index contributed by atoms with van der Waals surface area (Å²) in [6.45, 7) is 7.99. The molecule has 7 heteroatoms. The number of carbonyl (C=O) groups is 1. The van der Waals surface area contributed by atoms with Gasteiger partial charge in [0.2, 0.25) is 5.82 Å². The second kappa shape index (κ2) is 9.41. The van der Waals surface area contributed by atoms with Crippen LogP contribution < -0.4 is 5.32 Å². The first-order valence-electron chi connectivity index (χ1n) is 11.8. The van der Waals surface area contributed by atoms with Crippen LogP contribution in [0.1, 0.15) is 46.7 Å². The Morgan fingerprint density at radius 2 is 1.78 bits per heavy atom. The number of carbonyl (C=O) groups excluding carboxylic acids is 1. The smallest absolute Gasteiger partial charge is 0.322 e. The average molecular weight is 483 g/mol. The summed E-state index contributed by atoms with van der Waals surface area (Å²) in [7, 11) is 0. The Morgan fingerprint density at radius 1 is 0.972 bits per heavy atom. The third-order valence-electron chi connectivity index (χ3n) is 6.68. The minimum absolute atomic E-state index is 0.0758. The fourth-order valence-corrected chi connectivity index (χ4v) is 4.47. The molecule has 2 amide bonds. The summed E-state index contributed by atoms with van der Waals surface area (Å²) in [4.78, 5) is 19.5. The van der Waals surface area contributed by atoms with Gasteiger partial charge < -0.3 is 9.84 Å². The van der Waals surface area contributed by atoms with E-state index in [1.54, 1.807) is 18.2 Å². The first-order valence-corrected chi connectivity index (χ1v) is 11.8. The highest BCUT2D eigenvalue weighted by Crippen LogP contribution is 2.38. The van der Waals surface area contributed by atoms with Gasteiger partial charge in [-0.1, -0.05) is 65.3 Å². The molecule has 0 saturated heterocycles. The monoisotopic (exact) mass is 482 g/mol. The lowest BCUT2D eigenvalue weighted by molar-refractivity contribution is 0.202. The van der Waals surface area contributed by atoms with Crippen molar-refractivity contribution in [2.24, 2.45) is 0 Å². The van der Waals surface area contributed by atoms with E-state index < -0.39 is 6.04 Å². The molecule has 0 saturated carbocycles. The van der Waals surface area contributed by atoms with Gasteiger partial charge in [0.25, 0.3) is 5.89 Å². The van der Waals surface area contributed by atoms with Crippen LogP contribution in [-0.2, 0) is 6.54 Å². The second-order valence-electron chi connectivity index (χ2n) is 9.20. The Labute approximate surface area is 209 Å². The van der Waals surface area contributed by atoms with E-state index in [1.165, 1.54) is 11.0 Å². The van der Waals surface area contributed by atoms with E-state index in [0.29, 0.717) is 28.5 Å². The number of rotatable bonds is 5. The molecule has 3 aromatic carbocycles. The molecule has 6 nitrogen and oxygen atoms in total. The zero-order chi connectivity index (χ0) is 25.4. The van der Waals surface area contributed by atoms with Crippen molar-refractivity contribution in [3.63, 3.8) is 0 Å². The molecule has 2 heterocycles. The Bertz CT molecular complexity index is 1490. The van der Waals surface area contributed by atoms with E-state index >= 15 is 0 Å². The van der Waals surface area contributed by atoms with Gasteiger partial charge in [0.15, 0.2) is 0 Å². The number of aromatic nitrogens is 2. The lowest BCUT2D eigenvalue weighted by Gasteiger charge is -2.35. The van der Waals surface area contributed by atoms with Crippen LogP contribution in [0.4, 0.5) is 9.18 Å². The van der Waals surface area contributed by atoms with Crippen molar-refractivity contribution in [3.05, 3.63) is 112 Å². The van der Waals surface area contributed by atoms with Crippen molar-refractivity contribution in [1.82, 2.24) is 20.4 Å². The molecule has 1 aromatic heterocycles. The molecule has 36 heavy (non-hydrogen) atoms. The summed E-state index contributed by atoms with van der Waals surface area (Å²) in [5.41, 5.74) is 6.83. The fraction of sp³-hybridized carbons (Fsp3) is 0.207. The number of amides is 2. The van der Waals surface area contributed by atoms with Crippen LogP contribution in [0, 0.1) is 26.6 Å². The summed E-state index contributed by atoms with van der Waals surface area (Å²) in [5.74, 6) is 0.409. The van der Waals surface area contributed by atoms with Crippen molar-refractivity contribution in [2.75, 3.05) is 0 Å². The quantitative estimate of drug-likeness (QED) is 0.353. The van der Waals surface area contributed by atoms with Gasteiger partial charge in [-0.15, -0.1) is 0 Å². The predicted octanol–water partition coefficient (Wildman–Crippen LogP) is 6.50. The maximum atomic E-state index is 14.5. The summed E-state index contributed by atoms with van der Waals surface area (Å²) in [5, 5.41) is 7.31. The van der Waals surface area contributed by atoms with E-state index in [-0.39, 0.29) is 18.4 Å². The van der Waals surface area contributed by atoms with E-state index in [9.17, 15) is 9.18 Å². The lowest BCUT2D eigenvalue weighted by atomic mass is 9.92. The number of aryl methyl sites for hydroxylation is 3. The molecule has 182 valence electrons. The van der Waals surface area contributed by atoms with Gasteiger partial charge in [0.05, 0.1) is 18.2 Å². The molecular formula is C29H27FN4O2. The number of allylic oxidation sites excluding steroid dienone is 1. The van der Waals surface area contributed by atoms with Crippen molar-refractivity contribution >= 4 is 11.6 Å². The van der Waals surface area contributed by atoms with Crippen LogP contribution >= 0.6 is 0 Å². The number of urea groups is 1. The maximum absolute atomic E-state index is 14.5. The van der Waals surface area contributed by atoms with Gasteiger partial charge in [-0.25, -0.2) is 9.18 Å². The minimum atomic E-state index is -0.500. The SMILES string of the molecule is CC1=C(c2nc(-c3cccc(C)c3)no2)C(c2ccc(C)c(C)c2)NC(=O)N1Cc1ccccc1F. The highest BCUT2D eigenvalue weighted by Gasteiger charge is 2.36. The molecule has 1 N–H and O–H groups in total. The van der Waals surface area contributed by atoms with Crippen LogP contribution in [0.15, 0.2) is 77.0 Å². The van der Waals surface area contributed by atoms with E-state index in [4.69, 9.17) is 9.51 Å². The molecule has 5 rings (SSSR count). The standard InChI is InChI=1S/C29H27FN4O2/c1-17-8-7-10-22(14-17)27-32-28(36-33-27)25-20(4)34(16-23-9-5-6-11-24(23)30)29(35)31-26(25)21-13-12-18(2)19(3)15-21/h5-15,26H,16H2,1-4H3,(H,31,35). The first kappa shape index (κ1) is 23.5. The molecule has 1 aliphatic heterocycles. The second-order valence-corrected chi connectivity index (χ2v) is 9.20. The molecule has 0 aliphatic carbocycles. The van der Waals surface area contributed by atoms with E-state index in [1.807, 2.05) is 64.1 Å². The molecule has 1 unspecified atom stereocenters. The van der Waals surface area contributed by atoms with Gasteiger partial charge >= 0.3 is 6.03 Å². The summed E-state index contributed by atoms with van der Waals surface area (Å²) in [6, 6.07) is 19.6. The molecule has 0 fully saturated rings. The Hall–Kier alpha value is -4.26. The number of halogens is 1. The van der Waals surface area contributed by atoms with Gasteiger partial charge in [0, 0.05) is 16.8 Å². The molecule has 0 radical (unpaired) electrons. The highest BCUT2D eigenvalue weighted by atomic mass is 19.1. The van der Waals surface area contributed by atoms with Crippen molar-refractivity contribution in [2.45, 2.75) is 40.3 Å². The zero-order valence-corrected chi connectivity index (χ0v) is 20.7.